The first kappa shape index (κ1) is 9.10. The Morgan fingerprint density at radius 2 is 2.08 bits per heavy atom. The normalized spacial score (nSPS) is 11.0. The predicted octanol–water partition coefficient (Wildman–Crippen LogP) is 1.23. The largest absolute Gasteiger partial charge is 0.327 e. The highest BCUT2D eigenvalue weighted by molar-refractivity contribution is 4.79. The highest BCUT2D eigenvalue weighted by Gasteiger charge is 2.00. The second kappa shape index (κ2) is 3.61. The van der Waals surface area contributed by atoms with E-state index >= 15 is 0 Å². The van der Waals surface area contributed by atoms with Crippen molar-refractivity contribution in [2.75, 3.05) is 0 Å². The standard InChI is InChI=1S/C9H16N2O/c1-8(2)4-5-11-7-6-10(3)9(11)12/h6-8H,4-5H2,1-3H3. The van der Waals surface area contributed by atoms with Crippen molar-refractivity contribution in [3.8, 4) is 0 Å². The molecule has 0 saturated heterocycles. The molecule has 0 spiro atoms. The van der Waals surface area contributed by atoms with Crippen LogP contribution in [0.5, 0.6) is 0 Å². The zero-order valence-corrected chi connectivity index (χ0v) is 7.95. The maximum absolute atomic E-state index is 11.3. The fourth-order valence-electron chi connectivity index (χ4n) is 1.08. The SMILES string of the molecule is CC(C)CCn1ccn(C)c1=O. The topological polar surface area (TPSA) is 26.9 Å². The first-order valence-electron chi connectivity index (χ1n) is 4.33. The minimum Gasteiger partial charge on any atom is -0.302 e. The van der Waals surface area contributed by atoms with Crippen molar-refractivity contribution in [1.82, 2.24) is 9.13 Å². The van der Waals surface area contributed by atoms with Gasteiger partial charge in [0, 0.05) is 26.0 Å². The molecule has 3 heteroatoms. The van der Waals surface area contributed by atoms with Gasteiger partial charge in [-0.05, 0) is 12.3 Å². The summed E-state index contributed by atoms with van der Waals surface area (Å²) in [6, 6.07) is 0. The van der Waals surface area contributed by atoms with Crippen LogP contribution in [-0.4, -0.2) is 9.13 Å². The molecule has 68 valence electrons. The molecule has 1 aromatic heterocycles. The fourth-order valence-corrected chi connectivity index (χ4v) is 1.08. The third-order valence-electron chi connectivity index (χ3n) is 1.96. The molecule has 1 rings (SSSR count). The number of aryl methyl sites for hydroxylation is 2. The monoisotopic (exact) mass is 168 g/mol. The average Bonchev–Trinajstić information content (AvgIpc) is 2.30. The summed E-state index contributed by atoms with van der Waals surface area (Å²) in [4.78, 5) is 11.3. The van der Waals surface area contributed by atoms with Crippen LogP contribution in [0, 0.1) is 5.92 Å². The van der Waals surface area contributed by atoms with E-state index in [2.05, 4.69) is 13.8 Å². The van der Waals surface area contributed by atoms with Crippen LogP contribution in [0.15, 0.2) is 17.2 Å². The van der Waals surface area contributed by atoms with E-state index in [0.717, 1.165) is 13.0 Å². The molecule has 12 heavy (non-hydrogen) atoms. The molecule has 0 bridgehead atoms. The van der Waals surface area contributed by atoms with Gasteiger partial charge in [0.2, 0.25) is 0 Å². The average molecular weight is 168 g/mol. The maximum Gasteiger partial charge on any atom is 0.327 e. The zero-order chi connectivity index (χ0) is 9.14. The summed E-state index contributed by atoms with van der Waals surface area (Å²) in [5.74, 6) is 0.650. The Morgan fingerprint density at radius 1 is 1.42 bits per heavy atom. The van der Waals surface area contributed by atoms with Gasteiger partial charge in [0.15, 0.2) is 0 Å². The number of aromatic nitrogens is 2. The van der Waals surface area contributed by atoms with Crippen molar-refractivity contribution in [2.24, 2.45) is 13.0 Å². The Kier molecular flexibility index (Phi) is 2.74. The van der Waals surface area contributed by atoms with Gasteiger partial charge < -0.3 is 4.57 Å². The lowest BCUT2D eigenvalue weighted by molar-refractivity contribution is 0.504. The van der Waals surface area contributed by atoms with E-state index in [4.69, 9.17) is 0 Å². The summed E-state index contributed by atoms with van der Waals surface area (Å²) < 4.78 is 3.35. The molecular weight excluding hydrogens is 152 g/mol. The van der Waals surface area contributed by atoms with Gasteiger partial charge in [-0.1, -0.05) is 13.8 Å². The summed E-state index contributed by atoms with van der Waals surface area (Å²) in [6.07, 6.45) is 4.69. The predicted molar refractivity (Wildman–Crippen MR) is 49.1 cm³/mol. The van der Waals surface area contributed by atoms with Crippen LogP contribution in [0.2, 0.25) is 0 Å². The minimum absolute atomic E-state index is 0.0793. The highest BCUT2D eigenvalue weighted by atomic mass is 16.1. The molecule has 0 aliphatic rings. The van der Waals surface area contributed by atoms with E-state index < -0.39 is 0 Å². The minimum atomic E-state index is 0.0793. The van der Waals surface area contributed by atoms with Gasteiger partial charge in [-0.2, -0.15) is 0 Å². The van der Waals surface area contributed by atoms with E-state index in [9.17, 15) is 4.79 Å². The Balaban J connectivity index is 2.64. The summed E-state index contributed by atoms with van der Waals surface area (Å²) in [7, 11) is 1.77. The van der Waals surface area contributed by atoms with Gasteiger partial charge in [-0.3, -0.25) is 4.57 Å². The summed E-state index contributed by atoms with van der Waals surface area (Å²) in [6.45, 7) is 5.15. The lowest BCUT2D eigenvalue weighted by atomic mass is 10.1. The molecular formula is C9H16N2O. The fraction of sp³-hybridized carbons (Fsp3) is 0.667. The number of hydrogen-bond donors (Lipinski definition) is 0. The van der Waals surface area contributed by atoms with E-state index in [1.807, 2.05) is 6.20 Å². The van der Waals surface area contributed by atoms with E-state index in [1.54, 1.807) is 22.4 Å². The Bertz CT molecular complexity index is 296. The van der Waals surface area contributed by atoms with Crippen molar-refractivity contribution in [3.05, 3.63) is 22.9 Å². The molecule has 3 nitrogen and oxygen atoms in total. The smallest absolute Gasteiger partial charge is 0.302 e. The Hall–Kier alpha value is -0.990. The maximum atomic E-state index is 11.3. The lowest BCUT2D eigenvalue weighted by Crippen LogP contribution is -2.22. The number of hydrogen-bond acceptors (Lipinski definition) is 1. The van der Waals surface area contributed by atoms with Crippen LogP contribution in [0.25, 0.3) is 0 Å². The van der Waals surface area contributed by atoms with Crippen molar-refractivity contribution in [1.29, 1.82) is 0 Å². The van der Waals surface area contributed by atoms with Crippen LogP contribution >= 0.6 is 0 Å². The Labute approximate surface area is 72.6 Å². The first-order chi connectivity index (χ1) is 5.61. The molecule has 0 fully saturated rings. The molecule has 0 amide bonds. The van der Waals surface area contributed by atoms with Gasteiger partial charge in [0.25, 0.3) is 0 Å². The van der Waals surface area contributed by atoms with Crippen LogP contribution in [0.1, 0.15) is 20.3 Å². The first-order valence-corrected chi connectivity index (χ1v) is 4.33. The highest BCUT2D eigenvalue weighted by Crippen LogP contribution is 2.00. The van der Waals surface area contributed by atoms with E-state index in [-0.39, 0.29) is 5.69 Å². The summed E-state index contributed by atoms with van der Waals surface area (Å²) >= 11 is 0. The molecule has 0 aliphatic heterocycles. The van der Waals surface area contributed by atoms with Gasteiger partial charge in [-0.25, -0.2) is 4.79 Å². The number of rotatable bonds is 3. The number of nitrogens with zero attached hydrogens (tertiary/aromatic N) is 2. The van der Waals surface area contributed by atoms with Crippen LogP contribution in [-0.2, 0) is 13.6 Å². The summed E-state index contributed by atoms with van der Waals surface area (Å²) in [5.41, 5.74) is 0.0793. The molecule has 0 saturated carbocycles. The van der Waals surface area contributed by atoms with E-state index in [0.29, 0.717) is 5.92 Å². The lowest BCUT2D eigenvalue weighted by Gasteiger charge is -2.03. The Morgan fingerprint density at radius 3 is 2.50 bits per heavy atom. The van der Waals surface area contributed by atoms with E-state index in [1.165, 1.54) is 0 Å². The molecule has 0 radical (unpaired) electrons. The number of imidazole rings is 1. The molecule has 0 unspecified atom stereocenters. The van der Waals surface area contributed by atoms with Crippen LogP contribution in [0.3, 0.4) is 0 Å². The van der Waals surface area contributed by atoms with Gasteiger partial charge in [-0.15, -0.1) is 0 Å². The van der Waals surface area contributed by atoms with Gasteiger partial charge in [0.1, 0.15) is 0 Å². The second-order valence-corrected chi connectivity index (χ2v) is 3.57. The summed E-state index contributed by atoms with van der Waals surface area (Å²) in [5, 5.41) is 0. The van der Waals surface area contributed by atoms with Crippen LogP contribution in [0.4, 0.5) is 0 Å². The molecule has 0 aliphatic carbocycles. The molecule has 0 atom stereocenters. The quantitative estimate of drug-likeness (QED) is 0.667. The van der Waals surface area contributed by atoms with Crippen LogP contribution < -0.4 is 5.69 Å². The zero-order valence-electron chi connectivity index (χ0n) is 7.95. The van der Waals surface area contributed by atoms with Crippen molar-refractivity contribution >= 4 is 0 Å². The van der Waals surface area contributed by atoms with Crippen molar-refractivity contribution in [2.45, 2.75) is 26.8 Å². The molecule has 0 N–H and O–H groups in total. The molecule has 1 aromatic rings. The van der Waals surface area contributed by atoms with Gasteiger partial charge >= 0.3 is 5.69 Å². The second-order valence-electron chi connectivity index (χ2n) is 3.57. The van der Waals surface area contributed by atoms with Gasteiger partial charge in [0.05, 0.1) is 0 Å². The molecule has 0 aromatic carbocycles. The van der Waals surface area contributed by atoms with Crippen molar-refractivity contribution in [3.63, 3.8) is 0 Å². The molecule has 1 heterocycles. The van der Waals surface area contributed by atoms with Crippen molar-refractivity contribution < 1.29 is 0 Å². The third kappa shape index (κ3) is 2.00. The third-order valence-corrected chi connectivity index (χ3v) is 1.96.